The number of aromatic nitrogens is 2. The number of rotatable bonds is 1. The molecule has 0 fully saturated rings. The number of hydrogen-bond donors (Lipinski definition) is 0. The molecule has 57 valence electrons. The summed E-state index contributed by atoms with van der Waals surface area (Å²) in [4.78, 5) is 10.4. The molecule has 0 saturated heterocycles. The van der Waals surface area contributed by atoms with Crippen LogP contribution < -0.4 is 0 Å². The van der Waals surface area contributed by atoms with E-state index in [9.17, 15) is 4.79 Å². The van der Waals surface area contributed by atoms with Crippen LogP contribution in [0.15, 0.2) is 30.5 Å². The van der Waals surface area contributed by atoms with Gasteiger partial charge in [-0.1, -0.05) is 12.1 Å². The largest absolute Gasteiger partial charge is 0.285 e. The standard InChI is InChI=1S/C9H5N2O/c12-6-8-3-1-2-7-4-5-10-11-9(7)8/h1-5H. The van der Waals surface area contributed by atoms with Gasteiger partial charge in [0.15, 0.2) is 0 Å². The van der Waals surface area contributed by atoms with Crippen LogP contribution in [0.5, 0.6) is 0 Å². The lowest BCUT2D eigenvalue weighted by atomic mass is 10.1. The predicted molar refractivity (Wildman–Crippen MR) is 44.3 cm³/mol. The molecule has 1 heterocycles. The Kier molecular flexibility index (Phi) is 1.55. The Hall–Kier alpha value is -1.77. The van der Waals surface area contributed by atoms with Gasteiger partial charge in [-0.15, -0.1) is 5.10 Å². The van der Waals surface area contributed by atoms with Crippen LogP contribution in [0.4, 0.5) is 0 Å². The van der Waals surface area contributed by atoms with E-state index in [4.69, 9.17) is 0 Å². The van der Waals surface area contributed by atoms with Gasteiger partial charge in [0, 0.05) is 5.39 Å². The van der Waals surface area contributed by atoms with Crippen molar-refractivity contribution in [3.05, 3.63) is 36.0 Å². The SMILES string of the molecule is O=[C]c1cccc2ccnnc12. The minimum absolute atomic E-state index is 0.459. The molecule has 1 radical (unpaired) electrons. The van der Waals surface area contributed by atoms with E-state index in [0.29, 0.717) is 11.1 Å². The fourth-order valence-corrected chi connectivity index (χ4v) is 1.09. The Morgan fingerprint density at radius 2 is 2.17 bits per heavy atom. The van der Waals surface area contributed by atoms with E-state index in [1.807, 2.05) is 18.4 Å². The third kappa shape index (κ3) is 0.955. The van der Waals surface area contributed by atoms with Crippen molar-refractivity contribution in [3.8, 4) is 0 Å². The fourth-order valence-electron chi connectivity index (χ4n) is 1.09. The monoisotopic (exact) mass is 157 g/mol. The van der Waals surface area contributed by atoms with E-state index in [-0.39, 0.29) is 0 Å². The Morgan fingerprint density at radius 3 is 3.00 bits per heavy atom. The van der Waals surface area contributed by atoms with Gasteiger partial charge in [0.05, 0.1) is 11.8 Å². The van der Waals surface area contributed by atoms with Crippen LogP contribution in [0, 0.1) is 0 Å². The molecular formula is C9H5N2O. The highest BCUT2D eigenvalue weighted by Gasteiger charge is 1.99. The van der Waals surface area contributed by atoms with Crippen LogP contribution in [-0.2, 0) is 4.79 Å². The van der Waals surface area contributed by atoms with Crippen molar-refractivity contribution in [2.24, 2.45) is 0 Å². The van der Waals surface area contributed by atoms with Crippen LogP contribution in [0.3, 0.4) is 0 Å². The van der Waals surface area contributed by atoms with E-state index in [0.717, 1.165) is 5.39 Å². The summed E-state index contributed by atoms with van der Waals surface area (Å²) in [6.45, 7) is 0. The lowest BCUT2D eigenvalue weighted by Gasteiger charge is -1.95. The molecule has 0 spiro atoms. The molecule has 0 atom stereocenters. The van der Waals surface area contributed by atoms with E-state index in [1.54, 1.807) is 18.3 Å². The summed E-state index contributed by atoms with van der Waals surface area (Å²) < 4.78 is 0. The van der Waals surface area contributed by atoms with Gasteiger partial charge in [-0.2, -0.15) is 5.10 Å². The van der Waals surface area contributed by atoms with Gasteiger partial charge < -0.3 is 0 Å². The molecule has 2 rings (SSSR count). The summed E-state index contributed by atoms with van der Waals surface area (Å²) in [6, 6.07) is 7.16. The summed E-state index contributed by atoms with van der Waals surface area (Å²) in [5, 5.41) is 8.44. The van der Waals surface area contributed by atoms with Crippen LogP contribution in [0.2, 0.25) is 0 Å². The first-order valence-electron chi connectivity index (χ1n) is 3.50. The number of carbonyl (C=O) groups excluding carboxylic acids is 1. The molecule has 0 bridgehead atoms. The van der Waals surface area contributed by atoms with E-state index in [1.165, 1.54) is 0 Å². The zero-order valence-corrected chi connectivity index (χ0v) is 6.19. The first-order valence-corrected chi connectivity index (χ1v) is 3.50. The van der Waals surface area contributed by atoms with Gasteiger partial charge in [-0.05, 0) is 12.1 Å². The van der Waals surface area contributed by atoms with Crippen molar-refractivity contribution >= 4 is 17.2 Å². The van der Waals surface area contributed by atoms with Gasteiger partial charge in [0.2, 0.25) is 6.29 Å². The van der Waals surface area contributed by atoms with Crippen LogP contribution in [0.25, 0.3) is 10.9 Å². The molecule has 1 aromatic carbocycles. The topological polar surface area (TPSA) is 42.9 Å². The Labute approximate surface area is 69.0 Å². The minimum atomic E-state index is 0.459. The van der Waals surface area contributed by atoms with Gasteiger partial charge in [0.25, 0.3) is 0 Å². The number of hydrogen-bond acceptors (Lipinski definition) is 3. The quantitative estimate of drug-likeness (QED) is 0.622. The summed E-state index contributed by atoms with van der Waals surface area (Å²) in [5.74, 6) is 0. The van der Waals surface area contributed by atoms with E-state index < -0.39 is 0 Å². The molecule has 0 aliphatic carbocycles. The predicted octanol–water partition coefficient (Wildman–Crippen LogP) is 1.09. The lowest BCUT2D eigenvalue weighted by molar-refractivity contribution is 0.563. The first-order chi connectivity index (χ1) is 5.92. The highest BCUT2D eigenvalue weighted by atomic mass is 16.1. The first kappa shape index (κ1) is 6.91. The number of nitrogens with zero attached hydrogens (tertiary/aromatic N) is 2. The normalized spacial score (nSPS) is 10.0. The van der Waals surface area contributed by atoms with E-state index >= 15 is 0 Å². The molecular weight excluding hydrogens is 152 g/mol. The molecule has 0 aliphatic rings. The van der Waals surface area contributed by atoms with E-state index in [2.05, 4.69) is 10.2 Å². The van der Waals surface area contributed by atoms with Gasteiger partial charge in [0.1, 0.15) is 5.52 Å². The average Bonchev–Trinajstić information content (AvgIpc) is 2.17. The highest BCUT2D eigenvalue weighted by Crippen LogP contribution is 2.12. The maximum absolute atomic E-state index is 10.4. The Morgan fingerprint density at radius 1 is 1.25 bits per heavy atom. The molecule has 0 aliphatic heterocycles. The molecule has 0 amide bonds. The summed E-state index contributed by atoms with van der Waals surface area (Å²) >= 11 is 0. The second-order valence-corrected chi connectivity index (χ2v) is 2.38. The van der Waals surface area contributed by atoms with Crippen molar-refractivity contribution in [2.45, 2.75) is 0 Å². The molecule has 0 saturated carbocycles. The molecule has 3 nitrogen and oxygen atoms in total. The van der Waals surface area contributed by atoms with Crippen molar-refractivity contribution in [1.82, 2.24) is 10.2 Å². The van der Waals surface area contributed by atoms with Crippen molar-refractivity contribution < 1.29 is 4.79 Å². The third-order valence-electron chi connectivity index (χ3n) is 1.66. The molecule has 0 N–H and O–H groups in total. The van der Waals surface area contributed by atoms with Gasteiger partial charge >= 0.3 is 0 Å². The summed E-state index contributed by atoms with van der Waals surface area (Å²) in [6.07, 6.45) is 3.41. The lowest BCUT2D eigenvalue weighted by Crippen LogP contribution is -1.88. The molecule has 0 unspecified atom stereocenters. The van der Waals surface area contributed by atoms with Crippen LogP contribution in [0.1, 0.15) is 5.56 Å². The van der Waals surface area contributed by atoms with Crippen molar-refractivity contribution in [1.29, 1.82) is 0 Å². The van der Waals surface area contributed by atoms with Gasteiger partial charge in [-0.3, -0.25) is 4.79 Å². The fraction of sp³-hybridized carbons (Fsp3) is 0. The van der Waals surface area contributed by atoms with Crippen LogP contribution in [-0.4, -0.2) is 16.5 Å². The smallest absolute Gasteiger partial charge is 0.235 e. The minimum Gasteiger partial charge on any atom is -0.285 e. The zero-order valence-electron chi connectivity index (χ0n) is 6.19. The Bertz CT molecular complexity index is 420. The number of benzene rings is 1. The molecule has 1 aromatic heterocycles. The Balaban J connectivity index is 2.88. The molecule has 12 heavy (non-hydrogen) atoms. The summed E-state index contributed by atoms with van der Waals surface area (Å²) in [7, 11) is 0. The van der Waals surface area contributed by atoms with Crippen LogP contribution >= 0.6 is 0 Å². The zero-order chi connectivity index (χ0) is 8.39. The van der Waals surface area contributed by atoms with Crippen molar-refractivity contribution in [2.75, 3.05) is 0 Å². The second-order valence-electron chi connectivity index (χ2n) is 2.38. The summed E-state index contributed by atoms with van der Waals surface area (Å²) in [5.41, 5.74) is 1.07. The average molecular weight is 157 g/mol. The maximum Gasteiger partial charge on any atom is 0.235 e. The molecule has 2 aromatic rings. The van der Waals surface area contributed by atoms with Gasteiger partial charge in [-0.25, -0.2) is 0 Å². The highest BCUT2D eigenvalue weighted by molar-refractivity contribution is 5.95. The number of fused-ring (bicyclic) bond motifs is 1. The second kappa shape index (κ2) is 2.70. The van der Waals surface area contributed by atoms with Crippen molar-refractivity contribution in [3.63, 3.8) is 0 Å². The maximum atomic E-state index is 10.4. The third-order valence-corrected chi connectivity index (χ3v) is 1.66. The molecule has 3 heteroatoms.